The number of rotatable bonds is 11. The van der Waals surface area contributed by atoms with Gasteiger partial charge in [0.2, 0.25) is 5.72 Å². The van der Waals surface area contributed by atoms with E-state index in [1.807, 2.05) is 18.2 Å². The van der Waals surface area contributed by atoms with Gasteiger partial charge >= 0.3 is 0 Å². The van der Waals surface area contributed by atoms with Crippen molar-refractivity contribution in [2.24, 2.45) is 63.8 Å². The van der Waals surface area contributed by atoms with Crippen molar-refractivity contribution < 1.29 is 42.9 Å². The molecule has 10 aliphatic rings. The first-order valence-electron chi connectivity index (χ1n) is 35.9. The summed E-state index contributed by atoms with van der Waals surface area (Å²) in [4.78, 5) is 5.39. The lowest BCUT2D eigenvalue weighted by atomic mass is 9.53. The smallest absolute Gasteiger partial charge is 0.268 e. The lowest BCUT2D eigenvalue weighted by molar-refractivity contribution is -0.177. The molecular formula is C84H93N3O9S. The average Bonchev–Trinajstić information content (AvgIpc) is 1.36. The molecule has 97 heavy (non-hydrogen) atoms. The lowest BCUT2D eigenvalue weighted by Crippen LogP contribution is -2.60. The minimum atomic E-state index is -4.73. The molecule has 0 radical (unpaired) electrons. The molecule has 18 atom stereocenters. The van der Waals surface area contributed by atoms with E-state index in [4.69, 9.17) is 25.9 Å². The van der Waals surface area contributed by atoms with Gasteiger partial charge in [-0.2, -0.15) is 8.42 Å². The molecule has 9 N–H and O–H groups in total. The molecule has 1 saturated heterocycles. The first-order chi connectivity index (χ1) is 46.9. The first kappa shape index (κ1) is 65.4. The molecule has 7 aromatic carbocycles. The minimum Gasteiger partial charge on any atom is -0.508 e. The maximum atomic E-state index is 14.6. The Labute approximate surface area is 572 Å². The number of allylic oxidation sites excluding steroid dienone is 3. The second-order valence-corrected chi connectivity index (χ2v) is 32.1. The third-order valence-corrected chi connectivity index (χ3v) is 25.9. The highest BCUT2D eigenvalue weighted by Gasteiger charge is 2.60. The topological polar surface area (TPSA) is 218 Å². The van der Waals surface area contributed by atoms with Gasteiger partial charge in [0.25, 0.3) is 10.1 Å². The highest BCUT2D eigenvalue weighted by atomic mass is 32.2. The third-order valence-electron chi connectivity index (χ3n) is 24.6. The second-order valence-electron chi connectivity index (χ2n) is 30.5. The number of hydrogen-bond acceptors (Lipinski definition) is 9. The molecule has 0 aromatic heterocycles. The fraction of sp³-hybridized carbons (Fsp3) is 0.440. The lowest BCUT2D eigenvalue weighted by Gasteiger charge is -2.57. The monoisotopic (exact) mass is 1320 g/mol. The molecule has 3 fully saturated rings. The molecular weight excluding hydrogens is 1230 g/mol. The Morgan fingerprint density at radius 2 is 1.57 bits per heavy atom. The highest BCUT2D eigenvalue weighted by molar-refractivity contribution is 7.86. The van der Waals surface area contributed by atoms with Crippen molar-refractivity contribution in [3.05, 3.63) is 237 Å². The van der Waals surface area contributed by atoms with Crippen molar-refractivity contribution in [3.8, 4) is 23.3 Å². The van der Waals surface area contributed by atoms with Gasteiger partial charge in [-0.1, -0.05) is 171 Å². The summed E-state index contributed by atoms with van der Waals surface area (Å²) in [6, 6.07) is 51.6. The Hall–Kier alpha value is -7.54. The van der Waals surface area contributed by atoms with Crippen LogP contribution in [0.1, 0.15) is 194 Å². The van der Waals surface area contributed by atoms with Gasteiger partial charge in [-0.15, -0.1) is 0 Å². The largest absolute Gasteiger partial charge is 0.508 e. The molecule has 2 saturated carbocycles. The number of fused-ring (bicyclic) bond motifs is 10. The Morgan fingerprint density at radius 3 is 2.35 bits per heavy atom. The summed E-state index contributed by atoms with van der Waals surface area (Å²) in [7, 11) is -4.73. The normalized spacial score (nSPS) is 32.4. The summed E-state index contributed by atoms with van der Waals surface area (Å²) in [5, 5.41) is 49.4. The van der Waals surface area contributed by atoms with Gasteiger partial charge in [0.1, 0.15) is 17.6 Å². The molecule has 504 valence electrons. The molecule has 0 amide bonds. The van der Waals surface area contributed by atoms with Crippen LogP contribution in [0.5, 0.6) is 11.5 Å². The predicted molar refractivity (Wildman–Crippen MR) is 381 cm³/mol. The number of aliphatic imine (C=N–C) groups is 1. The zero-order chi connectivity index (χ0) is 66.9. The Bertz CT molecular complexity index is 4350. The SMILES string of the molecule is CC1CC=CC(c2ccc3ccccc3c2CC(O)c2ccc(C3CCC4CCC(C5(N=C(N)N)Oc6ccc7c(c6)CCC(C)C7CC(S(=O)(=O)O)C6C=C7CC(CC8CC(CO)CC#Cc9cc(O)ccc9C7O8)C6c6ccc5cc6)C(Cc5ccccc5)C4(O)C3)cc2)C1. The summed E-state index contributed by atoms with van der Waals surface area (Å²) < 4.78 is 56.2. The van der Waals surface area contributed by atoms with Crippen molar-refractivity contribution in [1.29, 1.82) is 0 Å². The van der Waals surface area contributed by atoms with E-state index in [2.05, 4.69) is 165 Å². The fourth-order valence-corrected chi connectivity index (χ4v) is 21.0. The van der Waals surface area contributed by atoms with E-state index in [0.717, 1.165) is 83.0 Å². The van der Waals surface area contributed by atoms with Crippen LogP contribution in [0, 0.1) is 59.2 Å². The van der Waals surface area contributed by atoms with E-state index in [-0.39, 0.29) is 66.3 Å². The molecule has 17 rings (SSSR count). The quantitative estimate of drug-likeness (QED) is 0.0212. The number of hydrogen-bond donors (Lipinski definition) is 7. The molecule has 13 heteroatoms. The van der Waals surface area contributed by atoms with Crippen LogP contribution in [-0.4, -0.2) is 62.9 Å². The van der Waals surface area contributed by atoms with E-state index in [1.54, 1.807) is 12.1 Å². The second kappa shape index (κ2) is 26.6. The fourth-order valence-electron chi connectivity index (χ4n) is 19.9. The Morgan fingerprint density at radius 1 is 0.804 bits per heavy atom. The van der Waals surface area contributed by atoms with E-state index in [1.165, 1.54) is 21.9 Å². The molecule has 5 heterocycles. The van der Waals surface area contributed by atoms with Gasteiger partial charge in [-0.3, -0.25) is 4.55 Å². The van der Waals surface area contributed by atoms with E-state index in [0.29, 0.717) is 86.5 Å². The summed E-state index contributed by atoms with van der Waals surface area (Å²) in [5.41, 5.74) is 22.3. The van der Waals surface area contributed by atoms with Crippen LogP contribution in [0.15, 0.2) is 180 Å². The van der Waals surface area contributed by atoms with E-state index >= 15 is 0 Å². The summed E-state index contributed by atoms with van der Waals surface area (Å²) in [6.45, 7) is 4.43. The van der Waals surface area contributed by atoms with Crippen LogP contribution in [0.3, 0.4) is 0 Å². The molecule has 5 aliphatic carbocycles. The number of phenols is 1. The van der Waals surface area contributed by atoms with Gasteiger partial charge in [-0.25, -0.2) is 4.99 Å². The number of phenolic OH excluding ortho intramolecular Hbond substituents is 1. The van der Waals surface area contributed by atoms with Gasteiger partial charge < -0.3 is 41.4 Å². The number of nitrogens with zero attached hydrogens (tertiary/aromatic N) is 1. The summed E-state index contributed by atoms with van der Waals surface area (Å²) in [6.07, 6.45) is 15.6. The van der Waals surface area contributed by atoms with Crippen LogP contribution in [0.2, 0.25) is 0 Å². The van der Waals surface area contributed by atoms with Gasteiger partial charge in [-0.05, 0) is 222 Å². The molecule has 10 bridgehead atoms. The zero-order valence-electron chi connectivity index (χ0n) is 55.8. The maximum absolute atomic E-state index is 14.6. The van der Waals surface area contributed by atoms with Crippen molar-refractivity contribution in [2.45, 2.75) is 175 Å². The molecule has 18 unspecified atom stereocenters. The predicted octanol–water partition coefficient (Wildman–Crippen LogP) is 15.2. The number of aliphatic hydroxyl groups excluding tert-OH is 2. The average molecular weight is 1320 g/mol. The third kappa shape index (κ3) is 12.7. The minimum absolute atomic E-state index is 0.00413. The molecule has 0 spiro atoms. The number of aryl methyl sites for hydroxylation is 1. The molecule has 5 aliphatic heterocycles. The highest BCUT2D eigenvalue weighted by Crippen LogP contribution is 2.60. The van der Waals surface area contributed by atoms with E-state index < -0.39 is 62.6 Å². The number of aliphatic hydroxyl groups is 3. The van der Waals surface area contributed by atoms with Gasteiger partial charge in [0, 0.05) is 59.8 Å². The first-order valence-corrected chi connectivity index (χ1v) is 37.4. The molecule has 7 aromatic rings. The number of guanidine groups is 1. The maximum Gasteiger partial charge on any atom is 0.268 e. The van der Waals surface area contributed by atoms with E-state index in [9.17, 15) is 33.4 Å². The van der Waals surface area contributed by atoms with Crippen molar-refractivity contribution in [2.75, 3.05) is 6.61 Å². The summed E-state index contributed by atoms with van der Waals surface area (Å²) in [5.74, 6) is 5.36. The van der Waals surface area contributed by atoms with Crippen molar-refractivity contribution >= 4 is 26.9 Å². The number of nitrogens with two attached hydrogens (primary N) is 2. The summed E-state index contributed by atoms with van der Waals surface area (Å²) >= 11 is 0. The number of benzene rings is 7. The van der Waals surface area contributed by atoms with Crippen LogP contribution < -0.4 is 16.2 Å². The number of ether oxygens (including phenoxy) is 2. The van der Waals surface area contributed by atoms with Gasteiger partial charge in [0.15, 0.2) is 5.96 Å². The molecule has 12 nitrogen and oxygen atoms in total. The van der Waals surface area contributed by atoms with Crippen LogP contribution >= 0.6 is 0 Å². The number of aromatic hydroxyl groups is 1. The van der Waals surface area contributed by atoms with Crippen LogP contribution in [0.25, 0.3) is 10.8 Å². The van der Waals surface area contributed by atoms with Crippen molar-refractivity contribution in [1.82, 2.24) is 0 Å². The standard InChI is InChI=1S/C84H93N3O9S/c1-50-10-8-15-58(38-50)71-34-27-55-14-6-7-17-69(55)74(71)46-78(90)56-22-20-54(21-23-56)61-26-28-64-31-37-76(77(83(64,91)48-61)40-52-11-4-3-5-12-52)84(87-82(85)86)65-29-24-57(25-30-65)80-62-41-63(81-72-35-32-66(89)42-59(72)16-9-13-53(49-88)39-68(44-62)95-81)45-75(80)79(97(92,93)94)47-73-51(2)18-19-60-43-67(96-84)33-36-70(60)73/h3-8,11-12,14-15,17,20-25,27,29-30,32-36,42-43,45,50-51,53,58,61-62,64,68,73,75-81,88-91H,10,13,18-19,26,28,31,37-41,44,46-49H2,1-2H3,(H4,85,86,87)(H,92,93,94). The zero-order valence-corrected chi connectivity index (χ0v) is 56.6. The van der Waals surface area contributed by atoms with Crippen molar-refractivity contribution in [3.63, 3.8) is 0 Å². The Balaban J connectivity index is 0.827. The Kier molecular flexibility index (Phi) is 17.9. The van der Waals surface area contributed by atoms with Crippen LogP contribution in [-0.2, 0) is 39.8 Å². The van der Waals surface area contributed by atoms with Crippen LogP contribution in [0.4, 0.5) is 0 Å². The van der Waals surface area contributed by atoms with Gasteiger partial charge in [0.05, 0.1) is 23.1 Å².